The van der Waals surface area contributed by atoms with E-state index < -0.39 is 46.0 Å². The van der Waals surface area contributed by atoms with Crippen LogP contribution in [0.4, 0.5) is 26.3 Å². The molecule has 0 aliphatic carbocycles. The van der Waals surface area contributed by atoms with Crippen molar-refractivity contribution in [2.75, 3.05) is 0 Å². The minimum absolute atomic E-state index is 0.200. The van der Waals surface area contributed by atoms with Crippen LogP contribution in [-0.4, -0.2) is 0 Å². The molecule has 0 spiro atoms. The van der Waals surface area contributed by atoms with Gasteiger partial charge in [0.15, 0.2) is 23.3 Å². The fourth-order valence-corrected chi connectivity index (χ4v) is 1.46. The van der Waals surface area contributed by atoms with Crippen molar-refractivity contribution in [3.63, 3.8) is 0 Å². The molecule has 0 atom stereocenters. The van der Waals surface area contributed by atoms with Gasteiger partial charge in [0.2, 0.25) is 0 Å². The van der Waals surface area contributed by atoms with Crippen molar-refractivity contribution in [1.82, 2.24) is 0 Å². The maximum Gasteiger partial charge on any atom is 0.161 e. The minimum atomic E-state index is -1.46. The lowest BCUT2D eigenvalue weighted by Gasteiger charge is -2.06. The number of halogens is 6. The molecular formula is C12H4F6. The molecule has 0 radical (unpaired) electrons. The third kappa shape index (κ3) is 2.05. The zero-order chi connectivity index (χ0) is 13.4. The molecule has 0 heterocycles. The molecule has 0 saturated heterocycles. The SMILES string of the molecule is Fc1cc(F)c(-c2cc(F)c(F)cc2F)cc1F. The fourth-order valence-electron chi connectivity index (χ4n) is 1.46. The predicted octanol–water partition coefficient (Wildman–Crippen LogP) is 4.19. The second-order valence-corrected chi connectivity index (χ2v) is 3.49. The van der Waals surface area contributed by atoms with Crippen molar-refractivity contribution in [2.24, 2.45) is 0 Å². The van der Waals surface area contributed by atoms with Crippen LogP contribution < -0.4 is 0 Å². The van der Waals surface area contributed by atoms with E-state index in [2.05, 4.69) is 0 Å². The highest BCUT2D eigenvalue weighted by Crippen LogP contribution is 2.29. The molecule has 0 aliphatic rings. The molecule has 18 heavy (non-hydrogen) atoms. The Balaban J connectivity index is 2.69. The van der Waals surface area contributed by atoms with Crippen LogP contribution in [0.3, 0.4) is 0 Å². The third-order valence-electron chi connectivity index (χ3n) is 2.31. The zero-order valence-electron chi connectivity index (χ0n) is 8.58. The molecule has 94 valence electrons. The second-order valence-electron chi connectivity index (χ2n) is 3.49. The molecule has 2 aromatic rings. The maximum absolute atomic E-state index is 13.3. The average molecular weight is 262 g/mol. The molecule has 2 aromatic carbocycles. The van der Waals surface area contributed by atoms with Crippen LogP contribution in [0.15, 0.2) is 24.3 Å². The van der Waals surface area contributed by atoms with Gasteiger partial charge in [-0.15, -0.1) is 0 Å². The van der Waals surface area contributed by atoms with Crippen molar-refractivity contribution >= 4 is 0 Å². The van der Waals surface area contributed by atoms with Crippen LogP contribution in [0.1, 0.15) is 0 Å². The van der Waals surface area contributed by atoms with Gasteiger partial charge in [0, 0.05) is 23.3 Å². The molecule has 6 heteroatoms. The molecule has 0 saturated carbocycles. The molecular weight excluding hydrogens is 258 g/mol. The summed E-state index contributed by atoms with van der Waals surface area (Å²) in [5.41, 5.74) is -1.38. The molecule has 0 N–H and O–H groups in total. The lowest BCUT2D eigenvalue weighted by molar-refractivity contribution is 0.491. The molecule has 0 nitrogen and oxygen atoms in total. The zero-order valence-corrected chi connectivity index (χ0v) is 8.58. The van der Waals surface area contributed by atoms with Crippen LogP contribution >= 0.6 is 0 Å². The van der Waals surface area contributed by atoms with Crippen molar-refractivity contribution in [2.45, 2.75) is 0 Å². The summed E-state index contributed by atoms with van der Waals surface area (Å²) >= 11 is 0. The quantitative estimate of drug-likeness (QED) is 0.534. The predicted molar refractivity (Wildman–Crippen MR) is 51.6 cm³/mol. The van der Waals surface area contributed by atoms with Gasteiger partial charge in [0.25, 0.3) is 0 Å². The Morgan fingerprint density at radius 1 is 0.389 bits per heavy atom. The van der Waals surface area contributed by atoms with Gasteiger partial charge in [-0.2, -0.15) is 0 Å². The Morgan fingerprint density at radius 3 is 1.00 bits per heavy atom. The average Bonchev–Trinajstić information content (AvgIpc) is 2.29. The number of benzene rings is 2. The van der Waals surface area contributed by atoms with E-state index >= 15 is 0 Å². The van der Waals surface area contributed by atoms with Crippen LogP contribution in [0, 0.1) is 34.9 Å². The van der Waals surface area contributed by atoms with Crippen molar-refractivity contribution < 1.29 is 26.3 Å². The summed E-state index contributed by atoms with van der Waals surface area (Å²) in [6.07, 6.45) is 0. The van der Waals surface area contributed by atoms with E-state index in [0.717, 1.165) is 0 Å². The number of rotatable bonds is 1. The second kappa shape index (κ2) is 4.36. The first-order valence-corrected chi connectivity index (χ1v) is 4.69. The van der Waals surface area contributed by atoms with Gasteiger partial charge in [-0.05, 0) is 12.1 Å². The van der Waals surface area contributed by atoms with Crippen molar-refractivity contribution in [1.29, 1.82) is 0 Å². The summed E-state index contributed by atoms with van der Waals surface area (Å²) in [5, 5.41) is 0. The Kier molecular flexibility index (Phi) is 3.02. The molecule has 0 aliphatic heterocycles. The van der Waals surface area contributed by atoms with Crippen LogP contribution in [0.2, 0.25) is 0 Å². The van der Waals surface area contributed by atoms with Gasteiger partial charge in [-0.25, -0.2) is 26.3 Å². The van der Waals surface area contributed by atoms with E-state index in [1.807, 2.05) is 0 Å². The van der Waals surface area contributed by atoms with E-state index in [1.165, 1.54) is 0 Å². The van der Waals surface area contributed by atoms with Gasteiger partial charge >= 0.3 is 0 Å². The van der Waals surface area contributed by atoms with E-state index in [-0.39, 0.29) is 12.1 Å². The molecule has 0 bridgehead atoms. The summed E-state index contributed by atoms with van der Waals surface area (Å²) in [4.78, 5) is 0. The highest BCUT2D eigenvalue weighted by Gasteiger charge is 2.17. The maximum atomic E-state index is 13.3. The standard InChI is InChI=1S/C12H4F6/c13-7-3-11(17)9(15)1-5(7)6-2-10(16)12(18)4-8(6)14/h1-4H. The summed E-state index contributed by atoms with van der Waals surface area (Å²) in [6.45, 7) is 0. The smallest absolute Gasteiger partial charge is 0.161 e. The number of hydrogen-bond donors (Lipinski definition) is 0. The third-order valence-corrected chi connectivity index (χ3v) is 2.31. The molecule has 0 aromatic heterocycles. The van der Waals surface area contributed by atoms with Gasteiger partial charge in [-0.3, -0.25) is 0 Å². The van der Waals surface area contributed by atoms with Crippen LogP contribution in [0.5, 0.6) is 0 Å². The number of hydrogen-bond acceptors (Lipinski definition) is 0. The summed E-state index contributed by atoms with van der Waals surface area (Å²) in [5.74, 6) is -8.32. The Morgan fingerprint density at radius 2 is 0.667 bits per heavy atom. The first-order chi connectivity index (χ1) is 8.40. The first-order valence-electron chi connectivity index (χ1n) is 4.69. The Labute approximate surface area is 97.5 Å². The normalized spacial score (nSPS) is 10.8. The van der Waals surface area contributed by atoms with Gasteiger partial charge in [0.05, 0.1) is 0 Å². The van der Waals surface area contributed by atoms with Gasteiger partial charge in [-0.1, -0.05) is 0 Å². The topological polar surface area (TPSA) is 0 Å². The summed E-state index contributed by atoms with van der Waals surface area (Å²) in [7, 11) is 0. The first kappa shape index (κ1) is 12.5. The summed E-state index contributed by atoms with van der Waals surface area (Å²) < 4.78 is 77.9. The lowest BCUT2D eigenvalue weighted by atomic mass is 10.0. The largest absolute Gasteiger partial charge is 0.206 e. The molecule has 0 amide bonds. The monoisotopic (exact) mass is 262 g/mol. The lowest BCUT2D eigenvalue weighted by Crippen LogP contribution is -1.96. The van der Waals surface area contributed by atoms with E-state index in [4.69, 9.17) is 0 Å². The van der Waals surface area contributed by atoms with Crippen molar-refractivity contribution in [3.8, 4) is 11.1 Å². The minimum Gasteiger partial charge on any atom is -0.206 e. The van der Waals surface area contributed by atoms with E-state index in [1.54, 1.807) is 0 Å². The molecule has 2 rings (SSSR count). The Hall–Kier alpha value is -1.98. The van der Waals surface area contributed by atoms with Gasteiger partial charge in [0.1, 0.15) is 11.6 Å². The van der Waals surface area contributed by atoms with E-state index in [0.29, 0.717) is 12.1 Å². The van der Waals surface area contributed by atoms with Crippen LogP contribution in [-0.2, 0) is 0 Å². The van der Waals surface area contributed by atoms with Gasteiger partial charge < -0.3 is 0 Å². The van der Waals surface area contributed by atoms with Crippen molar-refractivity contribution in [3.05, 3.63) is 59.2 Å². The summed E-state index contributed by atoms with van der Waals surface area (Å²) in [6, 6.07) is 1.15. The highest BCUT2D eigenvalue weighted by molar-refractivity contribution is 5.65. The van der Waals surface area contributed by atoms with E-state index in [9.17, 15) is 26.3 Å². The Bertz CT molecular complexity index is 565. The molecule has 0 unspecified atom stereocenters. The van der Waals surface area contributed by atoms with Crippen LogP contribution in [0.25, 0.3) is 11.1 Å². The fraction of sp³-hybridized carbons (Fsp3) is 0. The highest BCUT2D eigenvalue weighted by atomic mass is 19.2. The molecule has 0 fully saturated rings.